The maximum absolute atomic E-state index is 13.4. The Labute approximate surface area is 199 Å². The second kappa shape index (κ2) is 11.4. The zero-order valence-corrected chi connectivity index (χ0v) is 20.5. The van der Waals surface area contributed by atoms with E-state index in [0.29, 0.717) is 17.1 Å². The smallest absolute Gasteiger partial charge is 0.304 e. The van der Waals surface area contributed by atoms with Crippen LogP contribution in [0.3, 0.4) is 0 Å². The molecule has 2 amide bonds. The average molecular weight is 499 g/mol. The minimum Gasteiger partial charge on any atom is -0.355 e. The van der Waals surface area contributed by atoms with Crippen molar-refractivity contribution < 1.29 is 22.4 Å². The summed E-state index contributed by atoms with van der Waals surface area (Å²) in [5.74, 6) is -1.51. The molecule has 2 aromatic carbocycles. The molecule has 1 N–H and O–H groups in total. The summed E-state index contributed by atoms with van der Waals surface area (Å²) in [7, 11) is -1.42. The van der Waals surface area contributed by atoms with Gasteiger partial charge in [-0.15, -0.1) is 0 Å². The molecule has 1 unspecified atom stereocenters. The van der Waals surface area contributed by atoms with Crippen molar-refractivity contribution in [3.05, 3.63) is 64.9 Å². The minimum absolute atomic E-state index is 0.0631. The zero-order chi connectivity index (χ0) is 24.8. The van der Waals surface area contributed by atoms with E-state index in [4.69, 9.17) is 11.6 Å². The van der Waals surface area contributed by atoms with E-state index in [0.717, 1.165) is 20.7 Å². The molecule has 0 spiro atoms. The highest BCUT2D eigenvalue weighted by molar-refractivity contribution is 7.90. The highest BCUT2D eigenvalue weighted by atomic mass is 35.5. The first-order chi connectivity index (χ1) is 15.5. The number of carbonyl (C=O) groups excluding carboxylic acids is 2. The summed E-state index contributed by atoms with van der Waals surface area (Å²) in [5.41, 5.74) is 0.836. The first-order valence-corrected chi connectivity index (χ1v) is 12.0. The normalized spacial score (nSPS) is 12.3. The monoisotopic (exact) mass is 498 g/mol. The number of amides is 2. The Bertz CT molecular complexity index is 1060. The molecule has 0 saturated heterocycles. The van der Waals surface area contributed by atoms with Crippen LogP contribution < -0.4 is 9.62 Å². The molecule has 0 heterocycles. The lowest BCUT2D eigenvalue weighted by Gasteiger charge is -2.32. The second-order valence-electron chi connectivity index (χ2n) is 7.49. The lowest BCUT2D eigenvalue weighted by atomic mass is 10.1. The summed E-state index contributed by atoms with van der Waals surface area (Å²) in [6.45, 7) is 3.19. The van der Waals surface area contributed by atoms with Crippen LogP contribution >= 0.6 is 11.6 Å². The molecular formula is C22H28ClFN4O4S. The fraction of sp³-hybridized carbons (Fsp3) is 0.364. The summed E-state index contributed by atoms with van der Waals surface area (Å²) in [6.07, 6.45) is 0. The van der Waals surface area contributed by atoms with Crippen LogP contribution in [-0.4, -0.2) is 62.7 Å². The average Bonchev–Trinajstić information content (AvgIpc) is 2.77. The number of hydrogen-bond acceptors (Lipinski definition) is 4. The maximum Gasteiger partial charge on any atom is 0.304 e. The second-order valence-corrected chi connectivity index (χ2v) is 10.00. The summed E-state index contributed by atoms with van der Waals surface area (Å²) >= 11 is 5.94. The predicted molar refractivity (Wildman–Crippen MR) is 127 cm³/mol. The third-order valence-electron chi connectivity index (χ3n) is 4.92. The Hall–Kier alpha value is -2.69. The van der Waals surface area contributed by atoms with Gasteiger partial charge in [0.05, 0.1) is 5.69 Å². The largest absolute Gasteiger partial charge is 0.355 e. The summed E-state index contributed by atoms with van der Waals surface area (Å²) < 4.78 is 41.2. The molecule has 0 fully saturated rings. The van der Waals surface area contributed by atoms with Gasteiger partial charge >= 0.3 is 10.2 Å². The molecule has 8 nitrogen and oxygen atoms in total. The molecule has 180 valence electrons. The quantitative estimate of drug-likeness (QED) is 0.545. The van der Waals surface area contributed by atoms with Crippen molar-refractivity contribution in [3.63, 3.8) is 0 Å². The van der Waals surface area contributed by atoms with Crippen molar-refractivity contribution in [3.8, 4) is 0 Å². The molecule has 11 heteroatoms. The molecule has 0 aliphatic heterocycles. The molecule has 2 aromatic rings. The van der Waals surface area contributed by atoms with Crippen LogP contribution in [0.4, 0.5) is 10.1 Å². The Morgan fingerprint density at radius 2 is 1.64 bits per heavy atom. The van der Waals surface area contributed by atoms with E-state index in [2.05, 4.69) is 5.32 Å². The van der Waals surface area contributed by atoms with Crippen molar-refractivity contribution in [2.24, 2.45) is 0 Å². The number of halogens is 2. The first-order valence-electron chi connectivity index (χ1n) is 10.2. The molecule has 33 heavy (non-hydrogen) atoms. The Morgan fingerprint density at radius 3 is 2.15 bits per heavy atom. The number of hydrogen-bond donors (Lipinski definition) is 1. The van der Waals surface area contributed by atoms with Gasteiger partial charge in [0.25, 0.3) is 0 Å². The third-order valence-corrected chi connectivity index (χ3v) is 6.99. The van der Waals surface area contributed by atoms with Gasteiger partial charge in [0, 0.05) is 32.2 Å². The summed E-state index contributed by atoms with van der Waals surface area (Å²) in [6, 6.07) is 10.7. The molecule has 0 aromatic heterocycles. The summed E-state index contributed by atoms with van der Waals surface area (Å²) in [5, 5.41) is 3.20. The molecule has 0 radical (unpaired) electrons. The van der Waals surface area contributed by atoms with Gasteiger partial charge < -0.3 is 10.2 Å². The lowest BCUT2D eigenvalue weighted by Crippen LogP contribution is -2.52. The van der Waals surface area contributed by atoms with E-state index < -0.39 is 34.5 Å². The van der Waals surface area contributed by atoms with Gasteiger partial charge in [-0.3, -0.25) is 9.59 Å². The number of rotatable bonds is 10. The standard InChI is InChI=1S/C22H28ClFN4O4S/c1-5-25-22(30)16(2)27(14-17-6-8-18(23)9-7-17)21(29)15-28(33(31,32)26(3)4)20-12-10-19(24)11-13-20/h6-13,16H,5,14-15H2,1-4H3,(H,25,30). The van der Waals surface area contributed by atoms with Gasteiger partial charge in [-0.05, 0) is 55.8 Å². The van der Waals surface area contributed by atoms with Gasteiger partial charge in [0.15, 0.2) is 0 Å². The molecular weight excluding hydrogens is 471 g/mol. The van der Waals surface area contributed by atoms with Crippen LogP contribution in [0.25, 0.3) is 0 Å². The van der Waals surface area contributed by atoms with Crippen LogP contribution in [0, 0.1) is 5.82 Å². The number of carbonyl (C=O) groups is 2. The van der Waals surface area contributed by atoms with E-state index in [1.54, 1.807) is 38.1 Å². The minimum atomic E-state index is -4.09. The van der Waals surface area contributed by atoms with Crippen molar-refractivity contribution >= 4 is 39.3 Å². The van der Waals surface area contributed by atoms with Crippen molar-refractivity contribution in [1.29, 1.82) is 0 Å². The number of anilines is 1. The topological polar surface area (TPSA) is 90.0 Å². The van der Waals surface area contributed by atoms with E-state index in [1.165, 1.54) is 31.1 Å². The highest BCUT2D eigenvalue weighted by Gasteiger charge is 2.32. The molecule has 0 saturated carbocycles. The van der Waals surface area contributed by atoms with E-state index >= 15 is 0 Å². The van der Waals surface area contributed by atoms with Crippen LogP contribution in [-0.2, 0) is 26.3 Å². The lowest BCUT2D eigenvalue weighted by molar-refractivity contribution is -0.139. The van der Waals surface area contributed by atoms with Gasteiger partial charge in [-0.25, -0.2) is 8.70 Å². The number of nitrogens with one attached hydrogen (secondary N) is 1. The maximum atomic E-state index is 13.4. The summed E-state index contributed by atoms with van der Waals surface area (Å²) in [4.78, 5) is 27.2. The number of likely N-dealkylation sites (N-methyl/N-ethyl adjacent to an activating group) is 1. The van der Waals surface area contributed by atoms with Gasteiger partial charge in [-0.1, -0.05) is 23.7 Å². The number of nitrogens with zero attached hydrogens (tertiary/aromatic N) is 3. The van der Waals surface area contributed by atoms with E-state index in [1.807, 2.05) is 0 Å². The van der Waals surface area contributed by atoms with E-state index in [-0.39, 0.29) is 18.1 Å². The van der Waals surface area contributed by atoms with Crippen LogP contribution in [0.15, 0.2) is 48.5 Å². The predicted octanol–water partition coefficient (Wildman–Crippen LogP) is 2.65. The van der Waals surface area contributed by atoms with Gasteiger partial charge in [0.1, 0.15) is 18.4 Å². The van der Waals surface area contributed by atoms with Gasteiger partial charge in [-0.2, -0.15) is 12.7 Å². The SMILES string of the molecule is CCNC(=O)C(C)N(Cc1ccc(Cl)cc1)C(=O)CN(c1ccc(F)cc1)S(=O)(=O)N(C)C. The van der Waals surface area contributed by atoms with E-state index in [9.17, 15) is 22.4 Å². The van der Waals surface area contributed by atoms with Crippen LogP contribution in [0.5, 0.6) is 0 Å². The zero-order valence-electron chi connectivity index (χ0n) is 19.0. The highest BCUT2D eigenvalue weighted by Crippen LogP contribution is 2.21. The molecule has 2 rings (SSSR count). The first kappa shape index (κ1) is 26.6. The Morgan fingerprint density at radius 1 is 1.06 bits per heavy atom. The molecule has 0 bridgehead atoms. The Balaban J connectivity index is 2.43. The van der Waals surface area contributed by atoms with Gasteiger partial charge in [0.2, 0.25) is 11.8 Å². The molecule has 0 aliphatic carbocycles. The van der Waals surface area contributed by atoms with Crippen molar-refractivity contribution in [2.75, 3.05) is 31.5 Å². The van der Waals surface area contributed by atoms with Crippen LogP contribution in [0.1, 0.15) is 19.4 Å². The van der Waals surface area contributed by atoms with Crippen LogP contribution in [0.2, 0.25) is 5.02 Å². The number of benzene rings is 2. The molecule has 1 atom stereocenters. The third kappa shape index (κ3) is 6.89. The van der Waals surface area contributed by atoms with Crippen molar-refractivity contribution in [1.82, 2.24) is 14.5 Å². The van der Waals surface area contributed by atoms with Crippen molar-refractivity contribution in [2.45, 2.75) is 26.4 Å². The Kier molecular flexibility index (Phi) is 9.21. The fourth-order valence-corrected chi connectivity index (χ4v) is 4.20. The molecule has 0 aliphatic rings. The fourth-order valence-electron chi connectivity index (χ4n) is 3.02.